The molecular weight excluding hydrogens is 366 g/mol. The van der Waals surface area contributed by atoms with E-state index >= 15 is 0 Å². The Hall–Kier alpha value is -1.21. The molecule has 1 aliphatic rings. The predicted octanol–water partition coefficient (Wildman–Crippen LogP) is 3.31. The second-order valence-corrected chi connectivity index (χ2v) is 7.91. The normalized spacial score (nSPS) is 18.0. The molecule has 0 bridgehead atoms. The molecule has 0 fully saturated rings. The Kier molecular flexibility index (Phi) is 4.36. The van der Waals surface area contributed by atoms with Gasteiger partial charge in [-0.2, -0.15) is 4.72 Å². The third-order valence-corrected chi connectivity index (χ3v) is 5.55. The van der Waals surface area contributed by atoms with Gasteiger partial charge in [0.1, 0.15) is 6.23 Å². The van der Waals surface area contributed by atoms with Crippen molar-refractivity contribution in [1.29, 1.82) is 0 Å². The zero-order valence-electron chi connectivity index (χ0n) is 12.0. The Morgan fingerprint density at radius 2 is 1.91 bits per heavy atom. The Morgan fingerprint density at radius 3 is 2.64 bits per heavy atom. The molecule has 4 nitrogen and oxygen atoms in total. The lowest BCUT2D eigenvalue weighted by Crippen LogP contribution is -2.33. The fraction of sp³-hybridized carbons (Fsp3) is 0.250. The van der Waals surface area contributed by atoms with Gasteiger partial charge in [0.05, 0.1) is 11.5 Å². The second-order valence-electron chi connectivity index (χ2n) is 5.28. The van der Waals surface area contributed by atoms with Gasteiger partial charge in [0.25, 0.3) is 0 Å². The highest BCUT2D eigenvalue weighted by Crippen LogP contribution is 2.29. The molecule has 0 aliphatic carbocycles. The van der Waals surface area contributed by atoms with Crippen LogP contribution in [-0.4, -0.2) is 15.0 Å². The molecule has 6 heteroatoms. The highest BCUT2D eigenvalue weighted by molar-refractivity contribution is 9.10. The number of rotatable bonds is 3. The van der Waals surface area contributed by atoms with Crippen LogP contribution < -0.4 is 4.72 Å². The molecule has 0 aromatic heterocycles. The summed E-state index contributed by atoms with van der Waals surface area (Å²) in [5.74, 6) is 0. The van der Waals surface area contributed by atoms with Crippen molar-refractivity contribution in [2.75, 3.05) is 6.61 Å². The molecule has 1 unspecified atom stereocenters. The summed E-state index contributed by atoms with van der Waals surface area (Å²) in [7, 11) is -3.62. The second kappa shape index (κ2) is 6.12. The summed E-state index contributed by atoms with van der Waals surface area (Å²) >= 11 is 3.44. The maximum absolute atomic E-state index is 12.5. The zero-order chi connectivity index (χ0) is 15.7. The lowest BCUT2D eigenvalue weighted by molar-refractivity contribution is 0.0348. The third kappa shape index (κ3) is 3.25. The van der Waals surface area contributed by atoms with E-state index in [1.807, 2.05) is 25.1 Å². The minimum Gasteiger partial charge on any atom is -0.358 e. The maximum Gasteiger partial charge on any atom is 0.242 e. The van der Waals surface area contributed by atoms with Crippen LogP contribution >= 0.6 is 15.9 Å². The fourth-order valence-corrected chi connectivity index (χ4v) is 3.96. The van der Waals surface area contributed by atoms with Crippen molar-refractivity contribution >= 4 is 26.0 Å². The maximum atomic E-state index is 12.5. The van der Waals surface area contributed by atoms with Crippen molar-refractivity contribution in [1.82, 2.24) is 4.72 Å². The fourth-order valence-electron chi connectivity index (χ4n) is 2.45. The van der Waals surface area contributed by atoms with E-state index in [2.05, 4.69) is 20.7 Å². The van der Waals surface area contributed by atoms with Gasteiger partial charge in [0, 0.05) is 4.47 Å². The van der Waals surface area contributed by atoms with Crippen molar-refractivity contribution in [2.24, 2.45) is 0 Å². The minimum absolute atomic E-state index is 0.242. The molecule has 2 aromatic rings. The molecule has 1 N–H and O–H groups in total. The minimum atomic E-state index is -3.62. The van der Waals surface area contributed by atoms with E-state index in [1.54, 1.807) is 24.3 Å². The smallest absolute Gasteiger partial charge is 0.242 e. The van der Waals surface area contributed by atoms with Crippen molar-refractivity contribution in [3.63, 3.8) is 0 Å². The molecule has 0 radical (unpaired) electrons. The molecule has 0 spiro atoms. The van der Waals surface area contributed by atoms with Gasteiger partial charge in [0.2, 0.25) is 10.0 Å². The SMILES string of the molecule is Cc1ccc(S(=O)(=O)NC2OCCc3cc(Br)ccc32)cc1. The first-order valence-electron chi connectivity index (χ1n) is 6.95. The van der Waals surface area contributed by atoms with Crippen LogP contribution in [0.25, 0.3) is 0 Å². The number of sulfonamides is 1. The van der Waals surface area contributed by atoms with Gasteiger partial charge < -0.3 is 4.74 Å². The number of aryl methyl sites for hydroxylation is 1. The van der Waals surface area contributed by atoms with Gasteiger partial charge in [-0.05, 0) is 48.7 Å². The first-order valence-corrected chi connectivity index (χ1v) is 9.22. The van der Waals surface area contributed by atoms with Crippen LogP contribution in [0.4, 0.5) is 0 Å². The highest BCUT2D eigenvalue weighted by Gasteiger charge is 2.26. The first kappa shape index (κ1) is 15.7. The lowest BCUT2D eigenvalue weighted by atomic mass is 10.0. The molecular formula is C16H16BrNO3S. The van der Waals surface area contributed by atoms with Gasteiger partial charge in [-0.15, -0.1) is 0 Å². The number of halogens is 1. The van der Waals surface area contributed by atoms with E-state index in [0.29, 0.717) is 6.61 Å². The Labute approximate surface area is 138 Å². The van der Waals surface area contributed by atoms with Gasteiger partial charge in [-0.1, -0.05) is 39.7 Å². The molecule has 0 saturated carbocycles. The summed E-state index contributed by atoms with van der Waals surface area (Å²) in [6.07, 6.45) is 0.125. The van der Waals surface area contributed by atoms with E-state index in [1.165, 1.54) is 0 Å². The first-order chi connectivity index (χ1) is 10.5. The summed E-state index contributed by atoms with van der Waals surface area (Å²) in [6.45, 7) is 2.41. The van der Waals surface area contributed by atoms with E-state index in [9.17, 15) is 8.42 Å². The van der Waals surface area contributed by atoms with Gasteiger partial charge in [0.15, 0.2) is 0 Å². The number of ether oxygens (including phenoxy) is 1. The number of nitrogens with one attached hydrogen (secondary N) is 1. The quantitative estimate of drug-likeness (QED) is 0.886. The average Bonchev–Trinajstić information content (AvgIpc) is 2.47. The molecule has 1 aliphatic heterocycles. The van der Waals surface area contributed by atoms with E-state index in [0.717, 1.165) is 27.6 Å². The molecule has 0 amide bonds. The van der Waals surface area contributed by atoms with Crippen molar-refractivity contribution in [2.45, 2.75) is 24.5 Å². The predicted molar refractivity (Wildman–Crippen MR) is 88.0 cm³/mol. The van der Waals surface area contributed by atoms with E-state index in [4.69, 9.17) is 4.74 Å². The zero-order valence-corrected chi connectivity index (χ0v) is 14.4. The average molecular weight is 382 g/mol. The third-order valence-electron chi connectivity index (χ3n) is 3.64. The van der Waals surface area contributed by atoms with Crippen LogP contribution in [0.15, 0.2) is 51.8 Å². The van der Waals surface area contributed by atoms with Gasteiger partial charge >= 0.3 is 0 Å². The molecule has 1 atom stereocenters. The summed E-state index contributed by atoms with van der Waals surface area (Å²) < 4.78 is 34.2. The monoisotopic (exact) mass is 381 g/mol. The Bertz CT molecular complexity index is 788. The van der Waals surface area contributed by atoms with Crippen molar-refractivity contribution in [3.05, 3.63) is 63.6 Å². The number of benzene rings is 2. The molecule has 22 heavy (non-hydrogen) atoms. The van der Waals surface area contributed by atoms with Crippen LogP contribution in [0.2, 0.25) is 0 Å². The highest BCUT2D eigenvalue weighted by atomic mass is 79.9. The van der Waals surface area contributed by atoms with Crippen LogP contribution in [0.1, 0.15) is 22.9 Å². The molecule has 116 valence electrons. The molecule has 2 aromatic carbocycles. The topological polar surface area (TPSA) is 55.4 Å². The van der Waals surface area contributed by atoms with E-state index < -0.39 is 16.3 Å². The Balaban J connectivity index is 1.89. The molecule has 0 saturated heterocycles. The van der Waals surface area contributed by atoms with E-state index in [-0.39, 0.29) is 4.90 Å². The Morgan fingerprint density at radius 1 is 1.18 bits per heavy atom. The lowest BCUT2D eigenvalue weighted by Gasteiger charge is -2.26. The number of hydrogen-bond donors (Lipinski definition) is 1. The van der Waals surface area contributed by atoms with Crippen LogP contribution in [0, 0.1) is 6.92 Å². The summed E-state index contributed by atoms with van der Waals surface area (Å²) in [4.78, 5) is 0.242. The van der Waals surface area contributed by atoms with Crippen molar-refractivity contribution < 1.29 is 13.2 Å². The largest absolute Gasteiger partial charge is 0.358 e. The van der Waals surface area contributed by atoms with Gasteiger partial charge in [-0.25, -0.2) is 8.42 Å². The molecule has 1 heterocycles. The van der Waals surface area contributed by atoms with Crippen LogP contribution in [0.3, 0.4) is 0 Å². The number of hydrogen-bond acceptors (Lipinski definition) is 3. The number of fused-ring (bicyclic) bond motifs is 1. The summed E-state index contributed by atoms with van der Waals surface area (Å²) in [6, 6.07) is 12.5. The molecule has 3 rings (SSSR count). The van der Waals surface area contributed by atoms with Crippen LogP contribution in [0.5, 0.6) is 0 Å². The standard InChI is InChI=1S/C16H16BrNO3S/c1-11-2-5-14(6-3-11)22(19,20)18-16-15-7-4-13(17)10-12(15)8-9-21-16/h2-7,10,16,18H,8-9H2,1H3. The van der Waals surface area contributed by atoms with Crippen molar-refractivity contribution in [3.8, 4) is 0 Å². The summed E-state index contributed by atoms with van der Waals surface area (Å²) in [5.41, 5.74) is 2.98. The van der Waals surface area contributed by atoms with Crippen LogP contribution in [-0.2, 0) is 21.2 Å². The summed E-state index contributed by atoms with van der Waals surface area (Å²) in [5, 5.41) is 0. The van der Waals surface area contributed by atoms with Gasteiger partial charge in [-0.3, -0.25) is 0 Å².